The Bertz CT molecular complexity index is 195. The van der Waals surface area contributed by atoms with Gasteiger partial charge in [0.2, 0.25) is 0 Å². The molecule has 0 saturated carbocycles. The molecule has 0 aromatic rings. The van der Waals surface area contributed by atoms with Gasteiger partial charge in [0.1, 0.15) is 32.2 Å². The van der Waals surface area contributed by atoms with Crippen LogP contribution < -0.4 is 11.6 Å². The van der Waals surface area contributed by atoms with Crippen LogP contribution in [0.3, 0.4) is 0 Å². The zero-order valence-corrected chi connectivity index (χ0v) is 10.6. The molecule has 0 atom stereocenters. The number of likely N-dealkylation sites (N-methyl/N-ethyl adjacent to an activating group) is 1. The Morgan fingerprint density at radius 2 is 1.67 bits per heavy atom. The number of nitrogens with zero attached hydrogens (tertiary/aromatic N) is 2. The van der Waals surface area contributed by atoms with Crippen molar-refractivity contribution in [3.63, 3.8) is 0 Å². The maximum Gasteiger partial charge on any atom is 0.146 e. The van der Waals surface area contributed by atoms with Gasteiger partial charge in [0.05, 0.1) is 13.6 Å². The second-order valence-corrected chi connectivity index (χ2v) is 5.58. The Kier molecular flexibility index (Phi) is 4.12. The zero-order chi connectivity index (χ0) is 11.5. The van der Waals surface area contributed by atoms with Gasteiger partial charge in [0, 0.05) is 6.42 Å². The summed E-state index contributed by atoms with van der Waals surface area (Å²) in [6.45, 7) is 11.0. The number of rotatable bonds is 4. The van der Waals surface area contributed by atoms with E-state index in [2.05, 4.69) is 20.9 Å². The van der Waals surface area contributed by atoms with Gasteiger partial charge >= 0.3 is 0 Å². The number of nitrogens with two attached hydrogens (primary N) is 2. The Morgan fingerprint density at radius 3 is 2.07 bits per heavy atom. The SMILES string of the molecule is CC(C)[N+]1(N)CC[N+](C)(CCCN)CC1. The standard InChI is InChI=1S/C11H28N4/c1-11(2)15(13)9-7-14(3,8-10-15)6-4-5-12/h11H,4-10,12-13H2,1-3H3/q+2. The molecule has 1 aliphatic heterocycles. The highest BCUT2D eigenvalue weighted by atomic mass is 15.6. The van der Waals surface area contributed by atoms with E-state index in [0.29, 0.717) is 6.04 Å². The molecule has 0 aliphatic carbocycles. The largest absolute Gasteiger partial charge is 0.330 e. The van der Waals surface area contributed by atoms with E-state index in [4.69, 9.17) is 11.6 Å². The predicted molar refractivity (Wildman–Crippen MR) is 63.8 cm³/mol. The first-order valence-electron chi connectivity index (χ1n) is 6.11. The summed E-state index contributed by atoms with van der Waals surface area (Å²) in [7, 11) is 2.33. The first kappa shape index (κ1) is 12.9. The molecular weight excluding hydrogens is 188 g/mol. The first-order valence-corrected chi connectivity index (χ1v) is 6.11. The lowest BCUT2D eigenvalue weighted by Gasteiger charge is -2.47. The average Bonchev–Trinajstić information content (AvgIpc) is 2.20. The molecule has 4 nitrogen and oxygen atoms in total. The minimum Gasteiger partial charge on any atom is -0.330 e. The average molecular weight is 216 g/mol. The van der Waals surface area contributed by atoms with Crippen LogP contribution in [-0.4, -0.2) is 61.4 Å². The molecular formula is C11H28N4+2. The molecule has 0 aromatic carbocycles. The van der Waals surface area contributed by atoms with E-state index in [1.54, 1.807) is 0 Å². The molecule has 1 heterocycles. The Morgan fingerprint density at radius 1 is 1.13 bits per heavy atom. The topological polar surface area (TPSA) is 52.0 Å². The van der Waals surface area contributed by atoms with E-state index in [-0.39, 0.29) is 0 Å². The second kappa shape index (κ2) is 4.78. The summed E-state index contributed by atoms with van der Waals surface area (Å²) in [5.74, 6) is 6.35. The van der Waals surface area contributed by atoms with Gasteiger partial charge in [-0.05, 0) is 20.4 Å². The molecule has 90 valence electrons. The van der Waals surface area contributed by atoms with Crippen molar-refractivity contribution in [3.8, 4) is 0 Å². The first-order chi connectivity index (χ1) is 6.92. The lowest BCUT2D eigenvalue weighted by atomic mass is 10.2. The van der Waals surface area contributed by atoms with Gasteiger partial charge in [-0.25, -0.2) is 4.59 Å². The van der Waals surface area contributed by atoms with Crippen molar-refractivity contribution in [1.29, 1.82) is 0 Å². The van der Waals surface area contributed by atoms with Crippen molar-refractivity contribution < 1.29 is 9.08 Å². The fourth-order valence-electron chi connectivity index (χ4n) is 2.29. The fraction of sp³-hybridized carbons (Fsp3) is 1.00. The van der Waals surface area contributed by atoms with E-state index >= 15 is 0 Å². The summed E-state index contributed by atoms with van der Waals surface area (Å²) in [4.78, 5) is 0. The molecule has 0 radical (unpaired) electrons. The van der Waals surface area contributed by atoms with Gasteiger partial charge in [-0.15, -0.1) is 0 Å². The zero-order valence-electron chi connectivity index (χ0n) is 10.6. The summed E-state index contributed by atoms with van der Waals surface area (Å²) in [6, 6.07) is 0.535. The summed E-state index contributed by atoms with van der Waals surface area (Å²) in [6.07, 6.45) is 1.13. The monoisotopic (exact) mass is 216 g/mol. The highest BCUT2D eigenvalue weighted by molar-refractivity contribution is 4.53. The van der Waals surface area contributed by atoms with Gasteiger partial charge in [0.15, 0.2) is 0 Å². The molecule has 1 rings (SSSR count). The lowest BCUT2D eigenvalue weighted by Crippen LogP contribution is -2.71. The van der Waals surface area contributed by atoms with Crippen LogP contribution in [0, 0.1) is 0 Å². The van der Waals surface area contributed by atoms with Gasteiger partial charge in [-0.3, -0.25) is 0 Å². The Balaban J connectivity index is 2.47. The third-order valence-electron chi connectivity index (χ3n) is 4.04. The molecule has 4 N–H and O–H groups in total. The fourth-order valence-corrected chi connectivity index (χ4v) is 2.29. The summed E-state index contributed by atoms with van der Waals surface area (Å²) < 4.78 is 1.90. The normalized spacial score (nSPS) is 37.2. The second-order valence-electron chi connectivity index (χ2n) is 5.58. The van der Waals surface area contributed by atoms with Crippen LogP contribution in [-0.2, 0) is 0 Å². The smallest absolute Gasteiger partial charge is 0.146 e. The number of piperazine rings is 1. The van der Waals surface area contributed by atoms with Crippen molar-refractivity contribution >= 4 is 0 Å². The highest BCUT2D eigenvalue weighted by Gasteiger charge is 2.39. The summed E-state index contributed by atoms with van der Waals surface area (Å²) in [5, 5.41) is 0. The third kappa shape index (κ3) is 3.14. The Labute approximate surface area is 94.0 Å². The molecule has 4 heteroatoms. The van der Waals surface area contributed by atoms with Gasteiger partial charge in [0.25, 0.3) is 0 Å². The van der Waals surface area contributed by atoms with Crippen LogP contribution >= 0.6 is 0 Å². The predicted octanol–water partition coefficient (Wildman–Crippen LogP) is -0.106. The van der Waals surface area contributed by atoms with Gasteiger partial charge in [-0.1, -0.05) is 0 Å². The molecule has 0 unspecified atom stereocenters. The molecule has 0 aromatic heterocycles. The van der Waals surface area contributed by atoms with Crippen molar-refractivity contribution in [2.75, 3.05) is 46.3 Å². The van der Waals surface area contributed by atoms with Crippen LogP contribution in [0.15, 0.2) is 0 Å². The van der Waals surface area contributed by atoms with Crippen molar-refractivity contribution in [2.24, 2.45) is 11.6 Å². The highest BCUT2D eigenvalue weighted by Crippen LogP contribution is 2.17. The number of hydrogen-bond donors (Lipinski definition) is 2. The number of hydrogen-bond acceptors (Lipinski definition) is 2. The molecule has 1 saturated heterocycles. The lowest BCUT2D eigenvalue weighted by molar-refractivity contribution is -1.04. The van der Waals surface area contributed by atoms with Crippen molar-refractivity contribution in [2.45, 2.75) is 26.3 Å². The third-order valence-corrected chi connectivity index (χ3v) is 4.04. The van der Waals surface area contributed by atoms with E-state index in [1.165, 1.54) is 19.6 Å². The minimum absolute atomic E-state index is 0.535. The summed E-state index contributed by atoms with van der Waals surface area (Å²) >= 11 is 0. The van der Waals surface area contributed by atoms with Gasteiger partial charge in [-0.2, -0.15) is 5.84 Å². The molecule has 1 fully saturated rings. The van der Waals surface area contributed by atoms with E-state index in [9.17, 15) is 0 Å². The maximum absolute atomic E-state index is 6.35. The molecule has 0 amide bonds. The van der Waals surface area contributed by atoms with E-state index in [0.717, 1.165) is 35.1 Å². The van der Waals surface area contributed by atoms with Crippen molar-refractivity contribution in [1.82, 2.24) is 0 Å². The molecule has 15 heavy (non-hydrogen) atoms. The van der Waals surface area contributed by atoms with Crippen LogP contribution in [0.5, 0.6) is 0 Å². The maximum atomic E-state index is 6.35. The quantitative estimate of drug-likeness (QED) is 0.509. The molecule has 0 bridgehead atoms. The number of quaternary nitrogens is 2. The van der Waals surface area contributed by atoms with Crippen LogP contribution in [0.2, 0.25) is 0 Å². The van der Waals surface area contributed by atoms with Crippen molar-refractivity contribution in [3.05, 3.63) is 0 Å². The van der Waals surface area contributed by atoms with Gasteiger partial charge < -0.3 is 10.2 Å². The van der Waals surface area contributed by atoms with Crippen LogP contribution in [0.25, 0.3) is 0 Å². The van der Waals surface area contributed by atoms with E-state index in [1.807, 2.05) is 0 Å². The molecule has 1 aliphatic rings. The minimum atomic E-state index is 0.535. The molecule has 0 spiro atoms. The van der Waals surface area contributed by atoms with E-state index < -0.39 is 0 Å². The summed E-state index contributed by atoms with van der Waals surface area (Å²) in [5.41, 5.74) is 5.57. The van der Waals surface area contributed by atoms with Crippen LogP contribution in [0.4, 0.5) is 0 Å². The Hall–Kier alpha value is -0.160. The van der Waals surface area contributed by atoms with Crippen LogP contribution in [0.1, 0.15) is 20.3 Å².